The second kappa shape index (κ2) is 9.46. The number of carboxylic acid groups (broad SMARTS) is 1. The normalized spacial score (nSPS) is 20.3. The Morgan fingerprint density at radius 1 is 1.25 bits per heavy atom. The van der Waals surface area contributed by atoms with E-state index in [0.29, 0.717) is 6.04 Å². The molecular formula is C12H24NNaO2. The van der Waals surface area contributed by atoms with E-state index in [0.717, 1.165) is 0 Å². The molecule has 1 atom stereocenters. The Hall–Kier alpha value is 0.430. The van der Waals surface area contributed by atoms with Gasteiger partial charge in [-0.15, -0.1) is 0 Å². The van der Waals surface area contributed by atoms with Crippen LogP contribution in [0.2, 0.25) is 0 Å². The fourth-order valence-electron chi connectivity index (χ4n) is 2.35. The molecule has 1 aliphatic rings. The number of hydrogen-bond acceptors (Lipinski definition) is 2. The molecule has 0 saturated heterocycles. The van der Waals surface area contributed by atoms with E-state index in [-0.39, 0.29) is 42.0 Å². The van der Waals surface area contributed by atoms with E-state index in [9.17, 15) is 4.79 Å². The summed E-state index contributed by atoms with van der Waals surface area (Å²) in [5.74, 6) is -0.708. The van der Waals surface area contributed by atoms with Gasteiger partial charge < -0.3 is 10.4 Å². The van der Waals surface area contributed by atoms with Crippen molar-refractivity contribution in [2.24, 2.45) is 0 Å². The van der Waals surface area contributed by atoms with Crippen LogP contribution in [0.4, 0.5) is 0 Å². The van der Waals surface area contributed by atoms with E-state index < -0.39 is 5.97 Å². The first-order valence-corrected chi connectivity index (χ1v) is 6.16. The third-order valence-corrected chi connectivity index (χ3v) is 3.11. The Balaban J connectivity index is 0.00000225. The summed E-state index contributed by atoms with van der Waals surface area (Å²) < 4.78 is 0. The van der Waals surface area contributed by atoms with E-state index in [1.165, 1.54) is 44.9 Å². The van der Waals surface area contributed by atoms with Gasteiger partial charge in [0.25, 0.3) is 0 Å². The van der Waals surface area contributed by atoms with Crippen LogP contribution in [-0.2, 0) is 4.79 Å². The molecule has 0 spiro atoms. The molecule has 1 aliphatic carbocycles. The van der Waals surface area contributed by atoms with E-state index >= 15 is 0 Å². The van der Waals surface area contributed by atoms with Crippen LogP contribution >= 0.6 is 0 Å². The zero-order valence-corrected chi connectivity index (χ0v) is 9.67. The molecule has 16 heavy (non-hydrogen) atoms. The topological polar surface area (TPSA) is 49.3 Å². The summed E-state index contributed by atoms with van der Waals surface area (Å²) >= 11 is 0. The van der Waals surface area contributed by atoms with Crippen molar-refractivity contribution in [3.63, 3.8) is 0 Å². The molecule has 0 radical (unpaired) electrons. The van der Waals surface area contributed by atoms with Gasteiger partial charge >= 0.3 is 35.5 Å². The van der Waals surface area contributed by atoms with Crippen molar-refractivity contribution in [1.82, 2.24) is 5.32 Å². The van der Waals surface area contributed by atoms with Gasteiger partial charge in [-0.2, -0.15) is 0 Å². The first-order valence-electron chi connectivity index (χ1n) is 6.16. The summed E-state index contributed by atoms with van der Waals surface area (Å²) in [6.07, 6.45) is 9.29. The van der Waals surface area contributed by atoms with Gasteiger partial charge in [-0.05, 0) is 19.8 Å². The first-order chi connectivity index (χ1) is 7.18. The fourth-order valence-corrected chi connectivity index (χ4v) is 2.35. The van der Waals surface area contributed by atoms with E-state index in [1.807, 2.05) is 6.92 Å². The van der Waals surface area contributed by atoms with Crippen LogP contribution in [0.5, 0.6) is 0 Å². The second-order valence-corrected chi connectivity index (χ2v) is 4.71. The molecule has 1 rings (SSSR count). The zero-order valence-electron chi connectivity index (χ0n) is 9.67. The molecule has 2 N–H and O–H groups in total. The molecule has 0 aromatic carbocycles. The molecule has 1 unspecified atom stereocenters. The van der Waals surface area contributed by atoms with Crippen molar-refractivity contribution in [3.05, 3.63) is 0 Å². The Morgan fingerprint density at radius 2 is 1.75 bits per heavy atom. The second-order valence-electron chi connectivity index (χ2n) is 4.71. The number of carbonyl (C=O) groups is 1. The van der Waals surface area contributed by atoms with Crippen molar-refractivity contribution < 1.29 is 9.90 Å². The summed E-state index contributed by atoms with van der Waals surface area (Å²) in [5, 5.41) is 12.1. The van der Waals surface area contributed by atoms with Crippen molar-refractivity contribution in [3.8, 4) is 0 Å². The molecule has 0 aromatic heterocycles. The van der Waals surface area contributed by atoms with Crippen LogP contribution in [-0.4, -0.2) is 52.7 Å². The molecule has 0 amide bonds. The van der Waals surface area contributed by atoms with Gasteiger partial charge in [0, 0.05) is 12.1 Å². The van der Waals surface area contributed by atoms with Crippen LogP contribution < -0.4 is 5.32 Å². The third-order valence-electron chi connectivity index (χ3n) is 3.11. The average Bonchev–Trinajstić information content (AvgIpc) is 2.08. The van der Waals surface area contributed by atoms with Crippen molar-refractivity contribution in [1.29, 1.82) is 0 Å². The van der Waals surface area contributed by atoms with Crippen LogP contribution in [0.25, 0.3) is 0 Å². The number of aliphatic carboxylic acids is 1. The Labute approximate surface area is 121 Å². The van der Waals surface area contributed by atoms with E-state index in [2.05, 4.69) is 5.32 Å². The molecule has 90 valence electrons. The molecule has 0 heterocycles. The number of rotatable bonds is 4. The molecular weight excluding hydrogens is 213 g/mol. The number of nitrogens with one attached hydrogen (secondary N) is 1. The predicted octanol–water partition coefficient (Wildman–Crippen LogP) is 1.90. The Bertz CT molecular complexity index is 191. The van der Waals surface area contributed by atoms with E-state index in [4.69, 9.17) is 5.11 Å². The van der Waals surface area contributed by atoms with Gasteiger partial charge in [0.05, 0.1) is 6.42 Å². The molecule has 0 aromatic rings. The van der Waals surface area contributed by atoms with Crippen molar-refractivity contribution in [2.45, 2.75) is 70.4 Å². The Kier molecular flexibility index (Phi) is 9.71. The average molecular weight is 237 g/mol. The SMILES string of the molecule is CC(CC(=O)O)NC1CCCCCCC1.[NaH]. The minimum absolute atomic E-state index is 0. The van der Waals surface area contributed by atoms with Gasteiger partial charge in [-0.25, -0.2) is 0 Å². The fraction of sp³-hybridized carbons (Fsp3) is 0.917. The van der Waals surface area contributed by atoms with Gasteiger partial charge in [-0.1, -0.05) is 32.1 Å². The molecule has 4 heteroatoms. The monoisotopic (exact) mass is 237 g/mol. The molecule has 0 aliphatic heterocycles. The number of hydrogen-bond donors (Lipinski definition) is 2. The maximum atomic E-state index is 10.5. The molecule has 1 fully saturated rings. The molecule has 3 nitrogen and oxygen atoms in total. The van der Waals surface area contributed by atoms with Gasteiger partial charge in [0.15, 0.2) is 0 Å². The summed E-state index contributed by atoms with van der Waals surface area (Å²) in [7, 11) is 0. The molecule has 1 saturated carbocycles. The summed E-state index contributed by atoms with van der Waals surface area (Å²) in [6, 6.07) is 0.645. The Morgan fingerprint density at radius 3 is 2.25 bits per heavy atom. The maximum absolute atomic E-state index is 10.5. The van der Waals surface area contributed by atoms with Crippen molar-refractivity contribution in [2.75, 3.05) is 0 Å². The van der Waals surface area contributed by atoms with Crippen LogP contribution in [0.15, 0.2) is 0 Å². The predicted molar refractivity (Wildman–Crippen MR) is 68.1 cm³/mol. The zero-order chi connectivity index (χ0) is 11.1. The summed E-state index contributed by atoms with van der Waals surface area (Å²) in [5.41, 5.74) is 0. The van der Waals surface area contributed by atoms with Crippen molar-refractivity contribution >= 4 is 35.5 Å². The third kappa shape index (κ3) is 7.66. The van der Waals surface area contributed by atoms with Gasteiger partial charge in [0.2, 0.25) is 0 Å². The summed E-state index contributed by atoms with van der Waals surface area (Å²) in [4.78, 5) is 10.5. The van der Waals surface area contributed by atoms with Crippen LogP contribution in [0.1, 0.15) is 58.3 Å². The van der Waals surface area contributed by atoms with Crippen LogP contribution in [0, 0.1) is 0 Å². The standard InChI is InChI=1S/C12H23NO2.Na.H/c1-10(9-12(14)15)13-11-7-5-3-2-4-6-8-11;;/h10-11,13H,2-9H2,1H3,(H,14,15);;. The van der Waals surface area contributed by atoms with Gasteiger partial charge in [-0.3, -0.25) is 4.79 Å². The number of carboxylic acids is 1. The van der Waals surface area contributed by atoms with E-state index in [1.54, 1.807) is 0 Å². The van der Waals surface area contributed by atoms with Gasteiger partial charge in [0.1, 0.15) is 0 Å². The quantitative estimate of drug-likeness (QED) is 0.734. The minimum atomic E-state index is -0.708. The first kappa shape index (κ1) is 16.4. The summed E-state index contributed by atoms with van der Waals surface area (Å²) in [6.45, 7) is 1.97. The molecule has 0 bridgehead atoms. The van der Waals surface area contributed by atoms with Crippen LogP contribution in [0.3, 0.4) is 0 Å².